The molecule has 0 radical (unpaired) electrons. The lowest BCUT2D eigenvalue weighted by Crippen LogP contribution is -2.06. The molecule has 4 rings (SSSR count). The Morgan fingerprint density at radius 1 is 0.667 bits per heavy atom. The van der Waals surface area contributed by atoms with Crippen LogP contribution in [0.25, 0.3) is 0 Å². The van der Waals surface area contributed by atoms with E-state index in [1.165, 1.54) is 11.1 Å². The van der Waals surface area contributed by atoms with Crippen molar-refractivity contribution < 1.29 is 9.53 Å². The number of Topliss-reactive ketones (excluding diaryl/α,β-unsaturated/α-hetero) is 1. The average molecular weight is 457 g/mol. The van der Waals surface area contributed by atoms with Gasteiger partial charge in [-0.25, -0.2) is 0 Å². The molecular formula is C27H21BrO2. The zero-order valence-electron chi connectivity index (χ0n) is 16.4. The van der Waals surface area contributed by atoms with Gasteiger partial charge in [0.05, 0.1) is 0 Å². The molecule has 0 spiro atoms. The highest BCUT2D eigenvalue weighted by molar-refractivity contribution is 9.09. The van der Waals surface area contributed by atoms with E-state index in [1.54, 1.807) is 0 Å². The molecule has 0 aliphatic carbocycles. The standard InChI is InChI=1S/C27H21BrO2/c28-26(27(29)23-9-5-2-6-10-23)22-13-17-25(18-14-22)30-24-15-11-21(12-16-24)19-20-7-3-1-4-8-20/h1-18,26H,19H2. The lowest BCUT2D eigenvalue weighted by Gasteiger charge is -2.11. The van der Waals surface area contributed by atoms with Gasteiger partial charge in [-0.3, -0.25) is 4.79 Å². The molecule has 30 heavy (non-hydrogen) atoms. The Morgan fingerprint density at radius 2 is 1.17 bits per heavy atom. The molecule has 3 heteroatoms. The van der Waals surface area contributed by atoms with Crippen LogP contribution in [0.2, 0.25) is 0 Å². The maximum absolute atomic E-state index is 12.6. The summed E-state index contributed by atoms with van der Waals surface area (Å²) in [7, 11) is 0. The van der Waals surface area contributed by atoms with Gasteiger partial charge >= 0.3 is 0 Å². The Bertz CT molecular complexity index is 1090. The molecule has 4 aromatic carbocycles. The molecule has 0 bridgehead atoms. The van der Waals surface area contributed by atoms with Gasteiger partial charge in [0.15, 0.2) is 5.78 Å². The van der Waals surface area contributed by atoms with Crippen molar-refractivity contribution in [3.05, 3.63) is 131 Å². The van der Waals surface area contributed by atoms with Crippen molar-refractivity contribution >= 4 is 21.7 Å². The highest BCUT2D eigenvalue weighted by Crippen LogP contribution is 2.30. The summed E-state index contributed by atoms with van der Waals surface area (Å²) in [6.07, 6.45) is 0.901. The molecule has 0 aromatic heterocycles. The lowest BCUT2D eigenvalue weighted by atomic mass is 10.0. The Labute approximate surface area is 185 Å². The fourth-order valence-electron chi connectivity index (χ4n) is 3.25. The van der Waals surface area contributed by atoms with Crippen molar-refractivity contribution in [2.24, 2.45) is 0 Å². The lowest BCUT2D eigenvalue weighted by molar-refractivity contribution is 0.0991. The second kappa shape index (κ2) is 9.55. The van der Waals surface area contributed by atoms with Crippen LogP contribution in [-0.2, 0) is 6.42 Å². The molecule has 0 saturated carbocycles. The normalized spacial score (nSPS) is 11.6. The van der Waals surface area contributed by atoms with Crippen LogP contribution in [0.4, 0.5) is 0 Å². The van der Waals surface area contributed by atoms with Crippen LogP contribution >= 0.6 is 15.9 Å². The van der Waals surface area contributed by atoms with Crippen LogP contribution in [0.1, 0.15) is 31.9 Å². The minimum atomic E-state index is -0.383. The van der Waals surface area contributed by atoms with E-state index in [1.807, 2.05) is 72.8 Å². The van der Waals surface area contributed by atoms with Gasteiger partial charge in [0, 0.05) is 5.56 Å². The van der Waals surface area contributed by atoms with Gasteiger partial charge in [-0.15, -0.1) is 0 Å². The Morgan fingerprint density at radius 3 is 1.77 bits per heavy atom. The number of alkyl halides is 1. The molecule has 1 unspecified atom stereocenters. The second-order valence-electron chi connectivity index (χ2n) is 7.07. The van der Waals surface area contributed by atoms with Gasteiger partial charge in [0.25, 0.3) is 0 Å². The molecular weight excluding hydrogens is 436 g/mol. The molecule has 0 aliphatic rings. The number of hydrogen-bond donors (Lipinski definition) is 0. The first-order chi connectivity index (χ1) is 14.7. The minimum absolute atomic E-state index is 0.0401. The largest absolute Gasteiger partial charge is 0.457 e. The van der Waals surface area contributed by atoms with Crippen molar-refractivity contribution in [3.8, 4) is 11.5 Å². The first-order valence-corrected chi connectivity index (χ1v) is 10.7. The fraction of sp³-hybridized carbons (Fsp3) is 0.0741. The first-order valence-electron chi connectivity index (χ1n) is 9.83. The van der Waals surface area contributed by atoms with E-state index in [-0.39, 0.29) is 10.6 Å². The van der Waals surface area contributed by atoms with Crippen molar-refractivity contribution in [2.75, 3.05) is 0 Å². The van der Waals surface area contributed by atoms with Gasteiger partial charge in [-0.2, -0.15) is 0 Å². The summed E-state index contributed by atoms with van der Waals surface area (Å²) in [4.78, 5) is 12.2. The Kier molecular flexibility index (Phi) is 6.41. The molecule has 2 nitrogen and oxygen atoms in total. The van der Waals surface area contributed by atoms with Crippen molar-refractivity contribution in [1.29, 1.82) is 0 Å². The van der Waals surface area contributed by atoms with E-state index in [4.69, 9.17) is 4.74 Å². The molecule has 0 amide bonds. The van der Waals surface area contributed by atoms with Crippen molar-refractivity contribution in [2.45, 2.75) is 11.2 Å². The summed E-state index contributed by atoms with van der Waals surface area (Å²) in [6.45, 7) is 0. The molecule has 0 aliphatic heterocycles. The molecule has 0 heterocycles. The zero-order valence-corrected chi connectivity index (χ0v) is 18.0. The summed E-state index contributed by atoms with van der Waals surface area (Å²) >= 11 is 3.52. The summed E-state index contributed by atoms with van der Waals surface area (Å²) in [5.41, 5.74) is 4.12. The number of benzene rings is 4. The van der Waals surface area contributed by atoms with Crippen LogP contribution < -0.4 is 4.74 Å². The molecule has 0 N–H and O–H groups in total. The topological polar surface area (TPSA) is 26.3 Å². The van der Waals surface area contributed by atoms with E-state index in [9.17, 15) is 4.79 Å². The number of halogens is 1. The molecule has 1 atom stereocenters. The van der Waals surface area contributed by atoms with Crippen molar-refractivity contribution in [1.82, 2.24) is 0 Å². The SMILES string of the molecule is O=C(c1ccccc1)C(Br)c1ccc(Oc2ccc(Cc3ccccc3)cc2)cc1. The van der Waals surface area contributed by atoms with E-state index >= 15 is 0 Å². The highest BCUT2D eigenvalue weighted by atomic mass is 79.9. The highest BCUT2D eigenvalue weighted by Gasteiger charge is 2.18. The number of carbonyl (C=O) groups excluding carboxylic acids is 1. The number of carbonyl (C=O) groups is 1. The number of ketones is 1. The predicted molar refractivity (Wildman–Crippen MR) is 125 cm³/mol. The molecule has 0 fully saturated rings. The zero-order chi connectivity index (χ0) is 20.8. The molecule has 148 valence electrons. The van der Waals surface area contributed by atoms with Gasteiger partial charge in [-0.05, 0) is 47.4 Å². The Balaban J connectivity index is 1.39. The van der Waals surface area contributed by atoms with Gasteiger partial charge < -0.3 is 4.74 Å². The third-order valence-corrected chi connectivity index (χ3v) is 5.82. The maximum atomic E-state index is 12.6. The van der Waals surface area contributed by atoms with Gasteiger partial charge in [-0.1, -0.05) is 101 Å². The fourth-order valence-corrected chi connectivity index (χ4v) is 3.82. The monoisotopic (exact) mass is 456 g/mol. The third kappa shape index (κ3) is 5.05. The quantitative estimate of drug-likeness (QED) is 0.214. The number of hydrogen-bond acceptors (Lipinski definition) is 2. The van der Waals surface area contributed by atoms with Crippen LogP contribution in [0.5, 0.6) is 11.5 Å². The summed E-state index contributed by atoms with van der Waals surface area (Å²) in [5, 5.41) is 0. The third-order valence-electron chi connectivity index (χ3n) is 4.87. The van der Waals surface area contributed by atoms with Crippen LogP contribution in [-0.4, -0.2) is 5.78 Å². The van der Waals surface area contributed by atoms with Crippen LogP contribution in [0.15, 0.2) is 109 Å². The number of ether oxygens (including phenoxy) is 1. The average Bonchev–Trinajstić information content (AvgIpc) is 2.81. The Hall–Kier alpha value is -3.17. The van der Waals surface area contributed by atoms with Crippen LogP contribution in [0.3, 0.4) is 0 Å². The van der Waals surface area contributed by atoms with Crippen molar-refractivity contribution in [3.63, 3.8) is 0 Å². The summed E-state index contributed by atoms with van der Waals surface area (Å²) in [6, 6.07) is 35.5. The second-order valence-corrected chi connectivity index (χ2v) is 7.99. The van der Waals surface area contributed by atoms with E-state index in [0.29, 0.717) is 5.56 Å². The number of rotatable bonds is 7. The minimum Gasteiger partial charge on any atom is -0.457 e. The molecule has 0 saturated heterocycles. The predicted octanol–water partition coefficient (Wildman–Crippen LogP) is 7.39. The summed E-state index contributed by atoms with van der Waals surface area (Å²) < 4.78 is 5.96. The smallest absolute Gasteiger partial charge is 0.180 e. The van der Waals surface area contributed by atoms with Crippen LogP contribution in [0, 0.1) is 0 Å². The van der Waals surface area contributed by atoms with Gasteiger partial charge in [0.2, 0.25) is 0 Å². The maximum Gasteiger partial charge on any atom is 0.180 e. The molecule has 4 aromatic rings. The van der Waals surface area contributed by atoms with Gasteiger partial charge in [0.1, 0.15) is 16.3 Å². The van der Waals surface area contributed by atoms with E-state index in [0.717, 1.165) is 23.5 Å². The van der Waals surface area contributed by atoms with E-state index < -0.39 is 0 Å². The van der Waals surface area contributed by atoms with E-state index in [2.05, 4.69) is 52.3 Å². The first kappa shape index (κ1) is 20.1. The summed E-state index contributed by atoms with van der Waals surface area (Å²) in [5.74, 6) is 1.56.